The Kier molecular flexibility index (Phi) is 5.33. The lowest BCUT2D eigenvalue weighted by molar-refractivity contribution is 0.102. The van der Waals surface area contributed by atoms with Crippen molar-refractivity contribution in [2.45, 2.75) is 13.2 Å². The quantitative estimate of drug-likeness (QED) is 0.891. The van der Waals surface area contributed by atoms with E-state index < -0.39 is 0 Å². The smallest absolute Gasteiger partial charge is 0.255 e. The van der Waals surface area contributed by atoms with Crippen LogP contribution in [-0.2, 0) is 17.9 Å². The Labute approximate surface area is 128 Å². The fourth-order valence-corrected chi connectivity index (χ4v) is 2.27. The Morgan fingerprint density at radius 2 is 2.05 bits per heavy atom. The summed E-state index contributed by atoms with van der Waals surface area (Å²) in [7, 11) is 1.60. The summed E-state index contributed by atoms with van der Waals surface area (Å²) in [6.45, 7) is 0.836. The molecule has 1 amide bonds. The van der Waals surface area contributed by atoms with Gasteiger partial charge in [0.1, 0.15) is 0 Å². The van der Waals surface area contributed by atoms with Gasteiger partial charge in [0.15, 0.2) is 0 Å². The van der Waals surface area contributed by atoms with Crippen LogP contribution in [0.1, 0.15) is 21.5 Å². The van der Waals surface area contributed by atoms with Crippen LogP contribution in [0.25, 0.3) is 0 Å². The molecule has 0 bridgehead atoms. The van der Waals surface area contributed by atoms with Crippen LogP contribution in [0.4, 0.5) is 5.69 Å². The molecule has 2 aromatic rings. The maximum absolute atomic E-state index is 12.3. The van der Waals surface area contributed by atoms with Crippen molar-refractivity contribution in [3.8, 4) is 0 Å². The van der Waals surface area contributed by atoms with Gasteiger partial charge in [-0.15, -0.1) is 0 Å². The highest BCUT2D eigenvalue weighted by Gasteiger charge is 2.09. The normalized spacial score (nSPS) is 10.4. The number of hydrogen-bond acceptors (Lipinski definition) is 3. The zero-order valence-corrected chi connectivity index (χ0v) is 12.5. The average molecular weight is 305 g/mol. The number of carbonyl (C=O) groups excluding carboxylic acids is 1. The van der Waals surface area contributed by atoms with Crippen molar-refractivity contribution in [1.82, 2.24) is 0 Å². The number of halogens is 1. The van der Waals surface area contributed by atoms with Gasteiger partial charge < -0.3 is 15.8 Å². The van der Waals surface area contributed by atoms with E-state index in [1.54, 1.807) is 25.3 Å². The first-order valence-electron chi connectivity index (χ1n) is 6.51. The lowest BCUT2D eigenvalue weighted by Crippen LogP contribution is -2.12. The molecule has 0 aliphatic rings. The third-order valence-electron chi connectivity index (χ3n) is 2.95. The molecule has 0 aliphatic carbocycles. The number of nitrogens with two attached hydrogens (primary N) is 1. The molecule has 0 heterocycles. The first-order chi connectivity index (χ1) is 10.1. The Morgan fingerprint density at radius 3 is 2.76 bits per heavy atom. The molecule has 0 aromatic heterocycles. The van der Waals surface area contributed by atoms with Crippen molar-refractivity contribution in [3.63, 3.8) is 0 Å². The number of carbonyl (C=O) groups is 1. The lowest BCUT2D eigenvalue weighted by atomic mass is 10.1. The molecule has 0 radical (unpaired) electrons. The second-order valence-electron chi connectivity index (χ2n) is 4.64. The fraction of sp³-hybridized carbons (Fsp3) is 0.188. The van der Waals surface area contributed by atoms with E-state index in [0.717, 1.165) is 11.1 Å². The summed E-state index contributed by atoms with van der Waals surface area (Å²) in [5, 5.41) is 3.34. The number of rotatable bonds is 5. The van der Waals surface area contributed by atoms with E-state index in [1.165, 1.54) is 0 Å². The topological polar surface area (TPSA) is 64.3 Å². The van der Waals surface area contributed by atoms with E-state index in [-0.39, 0.29) is 5.91 Å². The molecule has 0 aliphatic heterocycles. The van der Waals surface area contributed by atoms with Crippen LogP contribution in [0.3, 0.4) is 0 Å². The summed E-state index contributed by atoms with van der Waals surface area (Å²) in [5.41, 5.74) is 8.60. The van der Waals surface area contributed by atoms with E-state index in [9.17, 15) is 4.79 Å². The standard InChI is InChI=1S/C16H17ClN2O2/c1-21-10-12-5-13(8-14(17)6-12)16(20)19-15-4-2-3-11(7-15)9-18/h2-8H,9-10,18H2,1H3,(H,19,20). The van der Waals surface area contributed by atoms with Crippen molar-refractivity contribution in [1.29, 1.82) is 0 Å². The molecule has 3 N–H and O–H groups in total. The first-order valence-corrected chi connectivity index (χ1v) is 6.89. The molecule has 0 unspecified atom stereocenters. The summed E-state index contributed by atoms with van der Waals surface area (Å²) < 4.78 is 5.06. The predicted octanol–water partition coefficient (Wildman–Crippen LogP) is 3.20. The molecule has 0 fully saturated rings. The molecule has 5 heteroatoms. The van der Waals surface area contributed by atoms with Crippen LogP contribution in [0, 0.1) is 0 Å². The minimum atomic E-state index is -0.218. The molecule has 2 aromatic carbocycles. The monoisotopic (exact) mass is 304 g/mol. The number of benzene rings is 2. The highest BCUT2D eigenvalue weighted by molar-refractivity contribution is 6.31. The van der Waals surface area contributed by atoms with Gasteiger partial charge in [-0.05, 0) is 41.5 Å². The van der Waals surface area contributed by atoms with E-state index in [1.807, 2.05) is 24.3 Å². The molecule has 2 rings (SSSR count). The Hall–Kier alpha value is -1.88. The molecule has 0 spiro atoms. The zero-order valence-electron chi connectivity index (χ0n) is 11.7. The third kappa shape index (κ3) is 4.29. The van der Waals surface area contributed by atoms with Crippen LogP contribution in [0.2, 0.25) is 5.02 Å². The molecular formula is C16H17ClN2O2. The average Bonchev–Trinajstić information content (AvgIpc) is 2.47. The maximum Gasteiger partial charge on any atom is 0.255 e. The van der Waals surface area contributed by atoms with Crippen molar-refractivity contribution < 1.29 is 9.53 Å². The molecule has 21 heavy (non-hydrogen) atoms. The lowest BCUT2D eigenvalue weighted by Gasteiger charge is -2.09. The highest BCUT2D eigenvalue weighted by atomic mass is 35.5. The first kappa shape index (κ1) is 15.5. The minimum absolute atomic E-state index is 0.218. The van der Waals surface area contributed by atoms with Crippen molar-refractivity contribution in [3.05, 3.63) is 64.2 Å². The van der Waals surface area contributed by atoms with Gasteiger partial charge in [0.05, 0.1) is 6.61 Å². The van der Waals surface area contributed by atoms with Gasteiger partial charge in [0.2, 0.25) is 0 Å². The summed E-state index contributed by atoms with van der Waals surface area (Å²) in [5.74, 6) is -0.218. The fourth-order valence-electron chi connectivity index (χ4n) is 2.01. The number of methoxy groups -OCH3 is 1. The van der Waals surface area contributed by atoms with Crippen molar-refractivity contribution >= 4 is 23.2 Å². The van der Waals surface area contributed by atoms with Gasteiger partial charge in [-0.2, -0.15) is 0 Å². The Morgan fingerprint density at radius 1 is 1.24 bits per heavy atom. The molecule has 0 saturated carbocycles. The van der Waals surface area contributed by atoms with Crippen LogP contribution >= 0.6 is 11.6 Å². The van der Waals surface area contributed by atoms with Crippen molar-refractivity contribution in [2.24, 2.45) is 5.73 Å². The molecule has 0 saturated heterocycles. The Bertz CT molecular complexity index is 644. The number of hydrogen-bond donors (Lipinski definition) is 2. The largest absolute Gasteiger partial charge is 0.380 e. The van der Waals surface area contributed by atoms with Gasteiger partial charge in [0.25, 0.3) is 5.91 Å². The maximum atomic E-state index is 12.3. The summed E-state index contributed by atoms with van der Waals surface area (Å²) in [4.78, 5) is 12.3. The second-order valence-corrected chi connectivity index (χ2v) is 5.08. The van der Waals surface area contributed by atoms with Gasteiger partial charge >= 0.3 is 0 Å². The van der Waals surface area contributed by atoms with Gasteiger partial charge in [-0.3, -0.25) is 4.79 Å². The molecule has 4 nitrogen and oxygen atoms in total. The molecular weight excluding hydrogens is 288 g/mol. The van der Waals surface area contributed by atoms with E-state index in [2.05, 4.69) is 5.32 Å². The van der Waals surface area contributed by atoms with Gasteiger partial charge in [-0.25, -0.2) is 0 Å². The zero-order chi connectivity index (χ0) is 15.2. The highest BCUT2D eigenvalue weighted by Crippen LogP contribution is 2.18. The predicted molar refractivity (Wildman–Crippen MR) is 84.5 cm³/mol. The van der Waals surface area contributed by atoms with Crippen molar-refractivity contribution in [2.75, 3.05) is 12.4 Å². The van der Waals surface area contributed by atoms with Gasteiger partial charge in [0, 0.05) is 29.9 Å². The number of amides is 1. The van der Waals surface area contributed by atoms with Crippen LogP contribution in [-0.4, -0.2) is 13.0 Å². The SMILES string of the molecule is COCc1cc(Cl)cc(C(=O)Nc2cccc(CN)c2)c1. The molecule has 110 valence electrons. The molecule has 0 atom stereocenters. The van der Waals surface area contributed by atoms with Gasteiger partial charge in [-0.1, -0.05) is 23.7 Å². The minimum Gasteiger partial charge on any atom is -0.380 e. The number of nitrogens with one attached hydrogen (secondary N) is 1. The summed E-state index contributed by atoms with van der Waals surface area (Å²) in [6.07, 6.45) is 0. The third-order valence-corrected chi connectivity index (χ3v) is 3.17. The number of ether oxygens (including phenoxy) is 1. The summed E-state index contributed by atoms with van der Waals surface area (Å²) >= 11 is 6.03. The van der Waals surface area contributed by atoms with E-state index >= 15 is 0 Å². The Balaban J connectivity index is 2.19. The van der Waals surface area contributed by atoms with E-state index in [4.69, 9.17) is 22.1 Å². The number of anilines is 1. The van der Waals surface area contributed by atoms with Crippen LogP contribution < -0.4 is 11.1 Å². The van der Waals surface area contributed by atoms with E-state index in [0.29, 0.717) is 29.4 Å². The van der Waals surface area contributed by atoms with Crippen LogP contribution in [0.5, 0.6) is 0 Å². The summed E-state index contributed by atoms with van der Waals surface area (Å²) in [6, 6.07) is 12.6. The second kappa shape index (κ2) is 7.22. The van der Waals surface area contributed by atoms with Crippen LogP contribution in [0.15, 0.2) is 42.5 Å².